The van der Waals surface area contributed by atoms with Gasteiger partial charge in [0.25, 0.3) is 0 Å². The Labute approximate surface area is 109 Å². The molecule has 1 unspecified atom stereocenters. The quantitative estimate of drug-likeness (QED) is 0.729. The maximum Gasteiger partial charge on any atom is 0.248 e. The summed E-state index contributed by atoms with van der Waals surface area (Å²) in [5, 5.41) is 0. The number of hydrogen-bond donors (Lipinski definition) is 0. The van der Waals surface area contributed by atoms with Crippen LogP contribution in [0.5, 0.6) is 0 Å². The molecular weight excluding hydrogens is 238 g/mol. The van der Waals surface area contributed by atoms with Crippen LogP contribution >= 0.6 is 11.6 Å². The molecule has 0 radical (unpaired) electrons. The molecule has 0 spiro atoms. The van der Waals surface area contributed by atoms with Crippen molar-refractivity contribution in [3.8, 4) is 0 Å². The molecule has 17 heavy (non-hydrogen) atoms. The average molecular weight is 262 g/mol. The van der Waals surface area contributed by atoms with E-state index in [-0.39, 0.29) is 18.1 Å². The van der Waals surface area contributed by atoms with E-state index in [1.54, 1.807) is 0 Å². The fourth-order valence-corrected chi connectivity index (χ4v) is 2.36. The molecule has 1 aliphatic rings. The summed E-state index contributed by atoms with van der Waals surface area (Å²) in [6.07, 6.45) is 3.28. The Kier molecular flexibility index (Phi) is 5.74. The highest BCUT2D eigenvalue weighted by Gasteiger charge is 2.24. The summed E-state index contributed by atoms with van der Waals surface area (Å²) in [6.45, 7) is 7.80. The van der Waals surface area contributed by atoms with E-state index in [4.69, 9.17) is 16.3 Å². The molecule has 1 saturated heterocycles. The van der Waals surface area contributed by atoms with Crippen LogP contribution in [0.15, 0.2) is 0 Å². The number of likely N-dealkylation sites (tertiary alicyclic amines) is 1. The van der Waals surface area contributed by atoms with E-state index >= 15 is 0 Å². The van der Waals surface area contributed by atoms with Gasteiger partial charge in [0, 0.05) is 19.0 Å². The third-order valence-corrected chi connectivity index (χ3v) is 3.24. The van der Waals surface area contributed by atoms with Gasteiger partial charge in [-0.3, -0.25) is 4.79 Å². The molecule has 0 N–H and O–H groups in total. The van der Waals surface area contributed by atoms with E-state index in [2.05, 4.69) is 0 Å². The summed E-state index contributed by atoms with van der Waals surface area (Å²) in [4.78, 5) is 13.9. The summed E-state index contributed by atoms with van der Waals surface area (Å²) < 4.78 is 5.52. The summed E-state index contributed by atoms with van der Waals surface area (Å²) in [6, 6.07) is 0. The maximum atomic E-state index is 12.0. The number of nitrogens with zero attached hydrogens (tertiary/aromatic N) is 1. The monoisotopic (exact) mass is 261 g/mol. The van der Waals surface area contributed by atoms with Gasteiger partial charge in [-0.2, -0.15) is 0 Å². The number of ether oxygens (including phenoxy) is 1. The molecule has 100 valence electrons. The van der Waals surface area contributed by atoms with Gasteiger partial charge in [0.1, 0.15) is 6.61 Å². The van der Waals surface area contributed by atoms with Gasteiger partial charge >= 0.3 is 0 Å². The second-order valence-corrected chi connectivity index (χ2v) is 6.10. The van der Waals surface area contributed by atoms with Crippen molar-refractivity contribution in [1.82, 2.24) is 4.90 Å². The zero-order chi connectivity index (χ0) is 12.9. The topological polar surface area (TPSA) is 29.5 Å². The zero-order valence-corrected chi connectivity index (χ0v) is 11.9. The van der Waals surface area contributed by atoms with Crippen LogP contribution in [0.2, 0.25) is 0 Å². The van der Waals surface area contributed by atoms with E-state index in [1.165, 1.54) is 6.42 Å². The van der Waals surface area contributed by atoms with Gasteiger partial charge in [0.2, 0.25) is 5.91 Å². The number of halogens is 1. The zero-order valence-electron chi connectivity index (χ0n) is 11.2. The predicted molar refractivity (Wildman–Crippen MR) is 70.3 cm³/mol. The number of carbonyl (C=O) groups excluding carboxylic acids is 1. The Morgan fingerprint density at radius 2 is 2.18 bits per heavy atom. The molecule has 1 rings (SSSR count). The molecule has 1 amide bonds. The summed E-state index contributed by atoms with van der Waals surface area (Å²) >= 11 is 5.76. The van der Waals surface area contributed by atoms with Crippen LogP contribution in [0.3, 0.4) is 0 Å². The van der Waals surface area contributed by atoms with Crippen molar-refractivity contribution in [1.29, 1.82) is 0 Å². The second-order valence-electron chi connectivity index (χ2n) is 5.73. The van der Waals surface area contributed by atoms with Crippen molar-refractivity contribution < 1.29 is 9.53 Å². The van der Waals surface area contributed by atoms with Crippen molar-refractivity contribution >= 4 is 17.5 Å². The molecule has 1 heterocycles. The minimum atomic E-state index is -0.249. The van der Waals surface area contributed by atoms with Gasteiger partial charge in [-0.1, -0.05) is 0 Å². The van der Waals surface area contributed by atoms with Crippen molar-refractivity contribution in [2.75, 3.05) is 25.6 Å². The molecule has 0 saturated carbocycles. The summed E-state index contributed by atoms with van der Waals surface area (Å²) in [7, 11) is 0. The fraction of sp³-hybridized carbons (Fsp3) is 0.923. The van der Waals surface area contributed by atoms with Crippen molar-refractivity contribution in [2.24, 2.45) is 5.92 Å². The number of rotatable bonds is 4. The Morgan fingerprint density at radius 3 is 2.76 bits per heavy atom. The number of amides is 1. The van der Waals surface area contributed by atoms with Gasteiger partial charge in [-0.15, -0.1) is 11.6 Å². The predicted octanol–water partition coefficient (Wildman–Crippen LogP) is 2.67. The van der Waals surface area contributed by atoms with E-state index in [9.17, 15) is 4.79 Å². The third kappa shape index (κ3) is 5.73. The van der Waals surface area contributed by atoms with E-state index in [0.717, 1.165) is 25.9 Å². The van der Waals surface area contributed by atoms with Crippen LogP contribution in [0.4, 0.5) is 0 Å². The Bertz CT molecular complexity index is 248. The van der Waals surface area contributed by atoms with Gasteiger partial charge < -0.3 is 9.64 Å². The smallest absolute Gasteiger partial charge is 0.248 e. The molecule has 0 aromatic rings. The lowest BCUT2D eigenvalue weighted by molar-refractivity contribution is -0.142. The van der Waals surface area contributed by atoms with Crippen LogP contribution in [-0.4, -0.2) is 42.0 Å². The summed E-state index contributed by atoms with van der Waals surface area (Å²) in [5.41, 5.74) is -0.249. The maximum absolute atomic E-state index is 12.0. The Morgan fingerprint density at radius 1 is 1.47 bits per heavy atom. The number of alkyl halides is 1. The van der Waals surface area contributed by atoms with Gasteiger partial charge in [-0.25, -0.2) is 0 Å². The van der Waals surface area contributed by atoms with Crippen molar-refractivity contribution in [3.05, 3.63) is 0 Å². The first-order valence-corrected chi connectivity index (χ1v) is 6.93. The second kappa shape index (κ2) is 6.60. The minimum absolute atomic E-state index is 0.110. The van der Waals surface area contributed by atoms with E-state index in [0.29, 0.717) is 11.8 Å². The lowest BCUT2D eigenvalue weighted by atomic mass is 9.95. The number of piperidine rings is 1. The molecule has 0 aliphatic carbocycles. The molecule has 4 heteroatoms. The lowest BCUT2D eigenvalue weighted by Gasteiger charge is -2.33. The van der Waals surface area contributed by atoms with Crippen LogP contribution in [0.1, 0.15) is 40.0 Å². The first-order chi connectivity index (χ1) is 7.92. The Balaban J connectivity index is 2.36. The molecule has 3 nitrogen and oxygen atoms in total. The van der Waals surface area contributed by atoms with Crippen LogP contribution < -0.4 is 0 Å². The first-order valence-electron chi connectivity index (χ1n) is 6.40. The molecular formula is C13H24ClNO2. The molecule has 1 aliphatic heterocycles. The molecule has 0 bridgehead atoms. The van der Waals surface area contributed by atoms with Crippen molar-refractivity contribution in [3.63, 3.8) is 0 Å². The molecule has 0 aromatic heterocycles. The SMILES string of the molecule is CC(C)(C)OCC(=O)N1CCCC(CCCl)C1. The van der Waals surface area contributed by atoms with Gasteiger partial charge in [-0.05, 0) is 46.0 Å². The highest BCUT2D eigenvalue weighted by atomic mass is 35.5. The van der Waals surface area contributed by atoms with Gasteiger partial charge in [0.15, 0.2) is 0 Å². The van der Waals surface area contributed by atoms with E-state index in [1.807, 2.05) is 25.7 Å². The third-order valence-electron chi connectivity index (χ3n) is 3.02. The largest absolute Gasteiger partial charge is 0.366 e. The fourth-order valence-electron chi connectivity index (χ4n) is 2.05. The van der Waals surface area contributed by atoms with E-state index < -0.39 is 0 Å². The van der Waals surface area contributed by atoms with Crippen LogP contribution in [0, 0.1) is 5.92 Å². The first kappa shape index (κ1) is 14.8. The van der Waals surface area contributed by atoms with Crippen LogP contribution in [-0.2, 0) is 9.53 Å². The van der Waals surface area contributed by atoms with Gasteiger partial charge in [0.05, 0.1) is 5.60 Å². The minimum Gasteiger partial charge on any atom is -0.366 e. The summed E-state index contributed by atoms with van der Waals surface area (Å²) in [5.74, 6) is 1.37. The number of hydrogen-bond acceptors (Lipinski definition) is 2. The van der Waals surface area contributed by atoms with Crippen molar-refractivity contribution in [2.45, 2.75) is 45.6 Å². The Hall–Kier alpha value is -0.280. The number of carbonyl (C=O) groups is 1. The highest BCUT2D eigenvalue weighted by molar-refractivity contribution is 6.17. The molecule has 1 atom stereocenters. The highest BCUT2D eigenvalue weighted by Crippen LogP contribution is 2.20. The standard InChI is InChI=1S/C13H24ClNO2/c1-13(2,3)17-10-12(16)15-8-4-5-11(9-15)6-7-14/h11H,4-10H2,1-3H3. The van der Waals surface area contributed by atoms with Crippen LogP contribution in [0.25, 0.3) is 0 Å². The molecule has 0 aromatic carbocycles. The average Bonchev–Trinajstić information content (AvgIpc) is 2.26. The molecule has 1 fully saturated rings. The normalized spacial score (nSPS) is 21.6. The lowest BCUT2D eigenvalue weighted by Crippen LogP contribution is -2.42.